The average Bonchev–Trinajstić information content (AvgIpc) is 2.86. The zero-order valence-electron chi connectivity index (χ0n) is 7.79. The van der Waals surface area contributed by atoms with Gasteiger partial charge in [-0.2, -0.15) is 5.26 Å². The van der Waals surface area contributed by atoms with Gasteiger partial charge in [0.15, 0.2) is 0 Å². The fraction of sp³-hybridized carbons (Fsp3) is 0.889. The topological polar surface area (TPSA) is 39.6 Å². The highest BCUT2D eigenvalue weighted by Gasteiger charge is 2.25. The standard InChI is InChI=1S/C9H16N2O/c1-3-11(5-8(2)4-10)6-9-7-12-9/h8-9H,3,5-7H2,1-2H3. The van der Waals surface area contributed by atoms with Crippen LogP contribution in [0.5, 0.6) is 0 Å². The van der Waals surface area contributed by atoms with Gasteiger partial charge in [0.2, 0.25) is 0 Å². The van der Waals surface area contributed by atoms with Gasteiger partial charge in [-0.25, -0.2) is 0 Å². The van der Waals surface area contributed by atoms with Gasteiger partial charge >= 0.3 is 0 Å². The quantitative estimate of drug-likeness (QED) is 0.572. The third kappa shape index (κ3) is 3.21. The van der Waals surface area contributed by atoms with E-state index in [4.69, 9.17) is 10.00 Å². The zero-order chi connectivity index (χ0) is 8.97. The molecule has 1 fully saturated rings. The number of hydrogen-bond donors (Lipinski definition) is 0. The molecule has 0 aliphatic carbocycles. The molecule has 2 unspecified atom stereocenters. The number of rotatable bonds is 5. The van der Waals surface area contributed by atoms with Crippen molar-refractivity contribution in [1.82, 2.24) is 4.90 Å². The first-order chi connectivity index (χ1) is 5.76. The monoisotopic (exact) mass is 168 g/mol. The number of ether oxygens (including phenoxy) is 1. The van der Waals surface area contributed by atoms with Crippen LogP contribution >= 0.6 is 0 Å². The summed E-state index contributed by atoms with van der Waals surface area (Å²) in [6.07, 6.45) is 0.441. The van der Waals surface area contributed by atoms with Crippen LogP contribution in [0, 0.1) is 17.2 Å². The summed E-state index contributed by atoms with van der Waals surface area (Å²) in [5.74, 6) is 0.128. The van der Waals surface area contributed by atoms with E-state index >= 15 is 0 Å². The summed E-state index contributed by atoms with van der Waals surface area (Å²) in [5.41, 5.74) is 0. The lowest BCUT2D eigenvalue weighted by atomic mass is 10.2. The molecule has 3 nitrogen and oxygen atoms in total. The van der Waals surface area contributed by atoms with Crippen molar-refractivity contribution < 1.29 is 4.74 Å². The van der Waals surface area contributed by atoms with Gasteiger partial charge in [0.1, 0.15) is 0 Å². The molecule has 12 heavy (non-hydrogen) atoms. The molecule has 0 radical (unpaired) electrons. The SMILES string of the molecule is CCN(CC(C)C#N)CC1CO1. The van der Waals surface area contributed by atoms with E-state index in [2.05, 4.69) is 17.9 Å². The Morgan fingerprint density at radius 2 is 2.42 bits per heavy atom. The fourth-order valence-corrected chi connectivity index (χ4v) is 1.22. The summed E-state index contributed by atoms with van der Waals surface area (Å²) in [6, 6.07) is 2.24. The summed E-state index contributed by atoms with van der Waals surface area (Å²) in [4.78, 5) is 2.27. The Morgan fingerprint density at radius 1 is 1.75 bits per heavy atom. The molecule has 0 N–H and O–H groups in total. The Balaban J connectivity index is 2.19. The second kappa shape index (κ2) is 4.44. The Labute approximate surface area is 73.9 Å². The Kier molecular flexibility index (Phi) is 3.51. The first-order valence-corrected chi connectivity index (χ1v) is 4.49. The van der Waals surface area contributed by atoms with Crippen molar-refractivity contribution in [2.24, 2.45) is 5.92 Å². The van der Waals surface area contributed by atoms with E-state index in [1.165, 1.54) is 0 Å². The molecule has 0 spiro atoms. The van der Waals surface area contributed by atoms with E-state index in [1.807, 2.05) is 6.92 Å². The molecule has 0 saturated carbocycles. The van der Waals surface area contributed by atoms with Crippen molar-refractivity contribution in [3.63, 3.8) is 0 Å². The van der Waals surface area contributed by atoms with Gasteiger partial charge in [0.25, 0.3) is 0 Å². The Morgan fingerprint density at radius 3 is 2.83 bits per heavy atom. The maximum Gasteiger partial charge on any atom is 0.0936 e. The summed E-state index contributed by atoms with van der Waals surface area (Å²) in [6.45, 7) is 7.83. The molecule has 0 aromatic carbocycles. The summed E-state index contributed by atoms with van der Waals surface area (Å²) < 4.78 is 5.13. The van der Waals surface area contributed by atoms with E-state index in [0.29, 0.717) is 6.10 Å². The van der Waals surface area contributed by atoms with Crippen molar-refractivity contribution >= 4 is 0 Å². The largest absolute Gasteiger partial charge is 0.372 e. The lowest BCUT2D eigenvalue weighted by Crippen LogP contribution is -2.31. The first-order valence-electron chi connectivity index (χ1n) is 4.49. The van der Waals surface area contributed by atoms with Gasteiger partial charge in [0.05, 0.1) is 24.7 Å². The van der Waals surface area contributed by atoms with Crippen LogP contribution in [0.4, 0.5) is 0 Å². The molecule has 2 atom stereocenters. The predicted octanol–water partition coefficient (Wildman–Crippen LogP) is 0.867. The van der Waals surface area contributed by atoms with Crippen LogP contribution in [0.15, 0.2) is 0 Å². The van der Waals surface area contributed by atoms with Gasteiger partial charge in [0, 0.05) is 13.1 Å². The van der Waals surface area contributed by atoms with Gasteiger partial charge < -0.3 is 4.74 Å². The van der Waals surface area contributed by atoms with Crippen LogP contribution in [0.3, 0.4) is 0 Å². The van der Waals surface area contributed by atoms with Gasteiger partial charge in [-0.3, -0.25) is 4.90 Å². The van der Waals surface area contributed by atoms with Crippen LogP contribution in [0.2, 0.25) is 0 Å². The van der Waals surface area contributed by atoms with Crippen molar-refractivity contribution in [1.29, 1.82) is 5.26 Å². The van der Waals surface area contributed by atoms with Crippen molar-refractivity contribution in [2.45, 2.75) is 20.0 Å². The zero-order valence-corrected chi connectivity index (χ0v) is 7.79. The van der Waals surface area contributed by atoms with E-state index in [-0.39, 0.29) is 5.92 Å². The van der Waals surface area contributed by atoms with Gasteiger partial charge in [-0.05, 0) is 13.5 Å². The molecule has 0 aromatic rings. The first kappa shape index (κ1) is 9.50. The molecule has 1 aliphatic rings. The number of nitriles is 1. The Bertz CT molecular complexity index is 172. The summed E-state index contributed by atoms with van der Waals surface area (Å²) in [5, 5.41) is 8.62. The molecular formula is C9H16N2O. The van der Waals surface area contributed by atoms with Gasteiger partial charge in [-0.15, -0.1) is 0 Å². The molecule has 0 aromatic heterocycles. The smallest absolute Gasteiger partial charge is 0.0936 e. The minimum absolute atomic E-state index is 0.128. The highest BCUT2D eigenvalue weighted by Crippen LogP contribution is 2.11. The van der Waals surface area contributed by atoms with Crippen LogP contribution in [0.1, 0.15) is 13.8 Å². The molecule has 1 saturated heterocycles. The minimum atomic E-state index is 0.128. The van der Waals surface area contributed by atoms with Crippen molar-refractivity contribution in [2.75, 3.05) is 26.2 Å². The number of epoxide rings is 1. The van der Waals surface area contributed by atoms with E-state index < -0.39 is 0 Å². The summed E-state index contributed by atoms with van der Waals surface area (Å²) >= 11 is 0. The third-order valence-corrected chi connectivity index (χ3v) is 2.06. The second-order valence-corrected chi connectivity index (χ2v) is 3.34. The molecular weight excluding hydrogens is 152 g/mol. The summed E-state index contributed by atoms with van der Waals surface area (Å²) in [7, 11) is 0. The fourth-order valence-electron chi connectivity index (χ4n) is 1.22. The molecule has 1 heterocycles. The lowest BCUT2D eigenvalue weighted by molar-refractivity contribution is 0.238. The molecule has 1 aliphatic heterocycles. The maximum atomic E-state index is 8.62. The predicted molar refractivity (Wildman–Crippen MR) is 46.6 cm³/mol. The van der Waals surface area contributed by atoms with E-state index in [1.54, 1.807) is 0 Å². The normalized spacial score (nSPS) is 23.7. The van der Waals surface area contributed by atoms with Crippen molar-refractivity contribution in [3.8, 4) is 6.07 Å². The van der Waals surface area contributed by atoms with Crippen LogP contribution in [-0.2, 0) is 4.74 Å². The van der Waals surface area contributed by atoms with E-state index in [0.717, 1.165) is 26.2 Å². The van der Waals surface area contributed by atoms with E-state index in [9.17, 15) is 0 Å². The Hall–Kier alpha value is -0.590. The lowest BCUT2D eigenvalue weighted by Gasteiger charge is -2.19. The maximum absolute atomic E-state index is 8.62. The average molecular weight is 168 g/mol. The molecule has 3 heteroatoms. The van der Waals surface area contributed by atoms with Crippen LogP contribution < -0.4 is 0 Å². The van der Waals surface area contributed by atoms with Crippen LogP contribution in [0.25, 0.3) is 0 Å². The highest BCUT2D eigenvalue weighted by atomic mass is 16.6. The minimum Gasteiger partial charge on any atom is -0.372 e. The van der Waals surface area contributed by atoms with Crippen LogP contribution in [-0.4, -0.2) is 37.2 Å². The number of hydrogen-bond acceptors (Lipinski definition) is 3. The number of nitrogens with zero attached hydrogens (tertiary/aromatic N) is 2. The number of likely N-dealkylation sites (N-methyl/N-ethyl adjacent to an activating group) is 1. The highest BCUT2D eigenvalue weighted by molar-refractivity contribution is 4.83. The molecule has 0 amide bonds. The van der Waals surface area contributed by atoms with Gasteiger partial charge in [-0.1, -0.05) is 6.92 Å². The second-order valence-electron chi connectivity index (χ2n) is 3.34. The molecule has 0 bridgehead atoms. The van der Waals surface area contributed by atoms with Crippen molar-refractivity contribution in [3.05, 3.63) is 0 Å². The third-order valence-electron chi connectivity index (χ3n) is 2.06. The molecule has 1 rings (SSSR count). The molecule has 68 valence electrons.